The van der Waals surface area contributed by atoms with Crippen LogP contribution in [0.5, 0.6) is 5.75 Å². The number of urea groups is 1. The maximum atomic E-state index is 12.1. The Labute approximate surface area is 205 Å². The summed E-state index contributed by atoms with van der Waals surface area (Å²) in [5, 5.41) is 14.1. The molecule has 0 unspecified atom stereocenters. The molecular formula is C27H43N3O4. The van der Waals surface area contributed by atoms with Crippen molar-refractivity contribution in [1.29, 1.82) is 0 Å². The minimum Gasteiger partial charge on any atom is -0.497 e. The maximum absolute atomic E-state index is 12.1. The first-order valence-corrected chi connectivity index (χ1v) is 11.3. The molecule has 1 aromatic carbocycles. The first-order chi connectivity index (χ1) is 16.3. The van der Waals surface area contributed by atoms with E-state index in [4.69, 9.17) is 9.84 Å². The van der Waals surface area contributed by atoms with Crippen LogP contribution in [0.1, 0.15) is 38.7 Å². The number of nitrogens with one attached hydrogen (secondary N) is 2. The van der Waals surface area contributed by atoms with E-state index in [1.807, 2.05) is 44.2 Å². The molecule has 1 aromatic rings. The predicted octanol–water partition coefficient (Wildman–Crippen LogP) is 4.61. The Kier molecular flexibility index (Phi) is 20.8. The Morgan fingerprint density at radius 2 is 1.79 bits per heavy atom. The molecule has 1 rings (SSSR count). The van der Waals surface area contributed by atoms with Gasteiger partial charge in [0.1, 0.15) is 5.75 Å². The second kappa shape index (κ2) is 21.5. The summed E-state index contributed by atoms with van der Waals surface area (Å²) in [7, 11) is 3.21. The van der Waals surface area contributed by atoms with Gasteiger partial charge in [0.05, 0.1) is 13.7 Å². The number of rotatable bonds is 12. The Hall–Kier alpha value is -3.32. The van der Waals surface area contributed by atoms with Crippen molar-refractivity contribution < 1.29 is 19.4 Å². The third-order valence-electron chi connectivity index (χ3n) is 4.72. The zero-order chi connectivity index (χ0) is 26.4. The first kappa shape index (κ1) is 32.9. The van der Waals surface area contributed by atoms with E-state index in [0.717, 1.165) is 28.9 Å². The van der Waals surface area contributed by atoms with Gasteiger partial charge in [-0.3, -0.25) is 4.79 Å². The monoisotopic (exact) mass is 473 g/mol. The van der Waals surface area contributed by atoms with E-state index in [9.17, 15) is 9.59 Å². The maximum Gasteiger partial charge on any atom is 0.314 e. The summed E-state index contributed by atoms with van der Waals surface area (Å²) in [6.07, 6.45) is 5.58. The van der Waals surface area contributed by atoms with Gasteiger partial charge in [0.15, 0.2) is 0 Å². The van der Waals surface area contributed by atoms with Gasteiger partial charge in [0.25, 0.3) is 0 Å². The standard InChI is InChI=1S/C15H25NO2.C10H14N2O2.C2H4/c1-5-8-14(6-2)11-15(18)16(7-3)10-9-13(4)12-17;1-11-10(13)12-7-8-3-5-9(14-2)6-4-8;1-2/h5,8,17H,1,4,6-7,9-12H2,2-3H3;3-6H,7H2,1-2H3,(H2,11,12,13);1-2H2/b14-8+;;. The summed E-state index contributed by atoms with van der Waals surface area (Å²) in [6.45, 7) is 19.2. The van der Waals surface area contributed by atoms with Crippen LogP contribution in [0.2, 0.25) is 0 Å². The number of methoxy groups -OCH3 is 1. The van der Waals surface area contributed by atoms with Gasteiger partial charge in [0, 0.05) is 33.1 Å². The van der Waals surface area contributed by atoms with Crippen molar-refractivity contribution in [3.63, 3.8) is 0 Å². The van der Waals surface area contributed by atoms with Gasteiger partial charge < -0.3 is 25.4 Å². The molecule has 0 spiro atoms. The number of hydrogen-bond acceptors (Lipinski definition) is 4. The van der Waals surface area contributed by atoms with Crippen LogP contribution in [-0.4, -0.2) is 55.8 Å². The van der Waals surface area contributed by atoms with Crippen molar-refractivity contribution in [2.45, 2.75) is 39.7 Å². The molecule has 7 heteroatoms. The lowest BCUT2D eigenvalue weighted by Gasteiger charge is -2.21. The Morgan fingerprint density at radius 1 is 1.18 bits per heavy atom. The molecule has 3 N–H and O–H groups in total. The number of carbonyl (C=O) groups excluding carboxylic acids is 2. The molecule has 0 fully saturated rings. The zero-order valence-electron chi connectivity index (χ0n) is 21.4. The van der Waals surface area contributed by atoms with Crippen LogP contribution < -0.4 is 15.4 Å². The fourth-order valence-electron chi connectivity index (χ4n) is 2.62. The highest BCUT2D eigenvalue weighted by Crippen LogP contribution is 2.11. The van der Waals surface area contributed by atoms with Crippen LogP contribution in [-0.2, 0) is 11.3 Å². The van der Waals surface area contributed by atoms with Crippen molar-refractivity contribution in [1.82, 2.24) is 15.5 Å². The normalized spacial score (nSPS) is 9.85. The molecule has 0 saturated carbocycles. The van der Waals surface area contributed by atoms with Crippen LogP contribution in [0, 0.1) is 0 Å². The lowest BCUT2D eigenvalue weighted by atomic mass is 10.1. The van der Waals surface area contributed by atoms with Crippen molar-refractivity contribution in [3.05, 3.63) is 79.4 Å². The Balaban J connectivity index is 0. The highest BCUT2D eigenvalue weighted by Gasteiger charge is 2.12. The van der Waals surface area contributed by atoms with Crippen LogP contribution in [0.15, 0.2) is 73.9 Å². The molecule has 0 aliphatic rings. The largest absolute Gasteiger partial charge is 0.497 e. The third kappa shape index (κ3) is 15.5. The molecule has 0 bridgehead atoms. The molecule has 0 radical (unpaired) electrons. The van der Waals surface area contributed by atoms with Gasteiger partial charge in [-0.05, 0) is 37.5 Å². The number of aliphatic hydroxyl groups excluding tert-OH is 1. The highest BCUT2D eigenvalue weighted by molar-refractivity contribution is 5.78. The Bertz CT molecular complexity index is 758. The van der Waals surface area contributed by atoms with Gasteiger partial charge in [-0.1, -0.05) is 55.5 Å². The molecule has 190 valence electrons. The number of carbonyl (C=O) groups is 2. The number of nitrogens with zero attached hydrogens (tertiary/aromatic N) is 1. The fraction of sp³-hybridized carbons (Fsp3) is 0.407. The fourth-order valence-corrected chi connectivity index (χ4v) is 2.62. The number of allylic oxidation sites excluding steroid dienone is 2. The van der Waals surface area contributed by atoms with Crippen molar-refractivity contribution in [2.24, 2.45) is 0 Å². The number of ether oxygens (including phenoxy) is 1. The van der Waals surface area contributed by atoms with Crippen molar-refractivity contribution in [3.8, 4) is 5.75 Å². The average molecular weight is 474 g/mol. The molecule has 34 heavy (non-hydrogen) atoms. The number of hydrogen-bond donors (Lipinski definition) is 3. The lowest BCUT2D eigenvalue weighted by Crippen LogP contribution is -2.32. The topological polar surface area (TPSA) is 90.9 Å². The van der Waals surface area contributed by atoms with E-state index >= 15 is 0 Å². The van der Waals surface area contributed by atoms with Gasteiger partial charge >= 0.3 is 6.03 Å². The van der Waals surface area contributed by atoms with Crippen molar-refractivity contribution >= 4 is 11.9 Å². The smallest absolute Gasteiger partial charge is 0.314 e. The van der Waals surface area contributed by atoms with Gasteiger partial charge in [-0.15, -0.1) is 13.2 Å². The first-order valence-electron chi connectivity index (χ1n) is 11.3. The van der Waals surface area contributed by atoms with E-state index < -0.39 is 0 Å². The molecule has 0 heterocycles. The van der Waals surface area contributed by atoms with Gasteiger partial charge in [0.2, 0.25) is 5.91 Å². The minimum atomic E-state index is -0.180. The van der Waals surface area contributed by atoms with Crippen molar-refractivity contribution in [2.75, 3.05) is 33.9 Å². The van der Waals surface area contributed by atoms with Gasteiger partial charge in [-0.2, -0.15) is 0 Å². The van der Waals surface area contributed by atoms with Crippen LogP contribution in [0.25, 0.3) is 0 Å². The second-order valence-electron chi connectivity index (χ2n) is 7.00. The number of aliphatic hydroxyl groups is 1. The molecule has 3 amide bonds. The third-order valence-corrected chi connectivity index (χ3v) is 4.72. The van der Waals surface area contributed by atoms with E-state index in [0.29, 0.717) is 32.5 Å². The Morgan fingerprint density at radius 3 is 2.24 bits per heavy atom. The molecule has 0 aliphatic heterocycles. The minimum absolute atomic E-state index is 0.0116. The predicted molar refractivity (Wildman–Crippen MR) is 142 cm³/mol. The molecule has 0 saturated heterocycles. The summed E-state index contributed by atoms with van der Waals surface area (Å²) >= 11 is 0. The average Bonchev–Trinajstić information content (AvgIpc) is 2.88. The highest BCUT2D eigenvalue weighted by atomic mass is 16.5. The van der Waals surface area contributed by atoms with Crippen LogP contribution >= 0.6 is 0 Å². The molecule has 0 aromatic heterocycles. The number of benzene rings is 1. The lowest BCUT2D eigenvalue weighted by molar-refractivity contribution is -0.130. The summed E-state index contributed by atoms with van der Waals surface area (Å²) < 4.78 is 5.02. The van der Waals surface area contributed by atoms with Crippen LogP contribution in [0.4, 0.5) is 4.79 Å². The quantitative estimate of drug-likeness (QED) is 0.305. The van der Waals surface area contributed by atoms with E-state index in [1.165, 1.54) is 0 Å². The van der Waals surface area contributed by atoms with E-state index in [2.05, 4.69) is 36.9 Å². The summed E-state index contributed by atoms with van der Waals surface area (Å²) in [6, 6.07) is 7.37. The second-order valence-corrected chi connectivity index (χ2v) is 7.00. The molecule has 0 atom stereocenters. The summed E-state index contributed by atoms with van der Waals surface area (Å²) in [5.74, 6) is 0.937. The summed E-state index contributed by atoms with van der Waals surface area (Å²) in [4.78, 5) is 24.7. The SMILES string of the molecule is C=C.C=C/C=C(\CC)CC(=O)N(CC)CCC(=C)CO.CNC(=O)NCc1ccc(OC)cc1. The zero-order valence-corrected chi connectivity index (χ0v) is 21.4. The molecule has 7 nitrogen and oxygen atoms in total. The van der Waals surface area contributed by atoms with Crippen LogP contribution in [0.3, 0.4) is 0 Å². The summed E-state index contributed by atoms with van der Waals surface area (Å²) in [5.41, 5.74) is 2.89. The molecule has 0 aliphatic carbocycles. The van der Waals surface area contributed by atoms with Gasteiger partial charge in [-0.25, -0.2) is 4.79 Å². The molecular weight excluding hydrogens is 430 g/mol. The van der Waals surface area contributed by atoms with E-state index in [1.54, 1.807) is 25.1 Å². The van der Waals surface area contributed by atoms with E-state index in [-0.39, 0.29) is 18.5 Å². The number of amides is 3.